The van der Waals surface area contributed by atoms with E-state index in [4.69, 9.17) is 0 Å². The van der Waals surface area contributed by atoms with Crippen molar-refractivity contribution in [3.8, 4) is 0 Å². The Labute approximate surface area is 110 Å². The number of nitrogens with zero attached hydrogens (tertiary/aromatic N) is 2. The van der Waals surface area contributed by atoms with Crippen LogP contribution >= 0.6 is 0 Å². The van der Waals surface area contributed by atoms with E-state index < -0.39 is 0 Å². The molecule has 0 spiro atoms. The molecule has 0 N–H and O–H groups in total. The first-order chi connectivity index (χ1) is 8.45. The van der Waals surface area contributed by atoms with Crippen molar-refractivity contribution >= 4 is 11.7 Å². The van der Waals surface area contributed by atoms with Gasteiger partial charge in [-0.2, -0.15) is 4.99 Å². The monoisotopic (exact) mass is 248 g/mol. The Kier molecular flexibility index (Phi) is 5.32. The first kappa shape index (κ1) is 14.7. The minimum atomic E-state index is -0.180. The lowest BCUT2D eigenvalue weighted by Gasteiger charge is -2.29. The van der Waals surface area contributed by atoms with E-state index in [1.54, 1.807) is 4.90 Å². The van der Waals surface area contributed by atoms with Gasteiger partial charge in [0.05, 0.1) is 6.04 Å². The van der Waals surface area contributed by atoms with Crippen molar-refractivity contribution in [3.63, 3.8) is 0 Å². The Hall–Kier alpha value is -1.38. The Bertz CT molecular complexity index is 382. The van der Waals surface area contributed by atoms with E-state index in [1.165, 1.54) is 6.42 Å². The third-order valence-electron chi connectivity index (χ3n) is 3.64. The molecule has 0 aliphatic heterocycles. The van der Waals surface area contributed by atoms with Crippen LogP contribution in [0.25, 0.3) is 0 Å². The van der Waals surface area contributed by atoms with Gasteiger partial charge < -0.3 is 4.90 Å². The van der Waals surface area contributed by atoms with Gasteiger partial charge in [-0.3, -0.25) is 0 Å². The Balaban J connectivity index is 2.66. The van der Waals surface area contributed by atoms with E-state index in [9.17, 15) is 4.79 Å². The van der Waals surface area contributed by atoms with E-state index in [0.29, 0.717) is 11.6 Å². The van der Waals surface area contributed by atoms with Crippen LogP contribution in [0.5, 0.6) is 0 Å². The molecule has 18 heavy (non-hydrogen) atoms. The van der Waals surface area contributed by atoms with Crippen molar-refractivity contribution in [2.75, 3.05) is 7.05 Å². The number of urea groups is 1. The molecule has 3 heteroatoms. The summed E-state index contributed by atoms with van der Waals surface area (Å²) in [6, 6.07) is 0.00192. The maximum absolute atomic E-state index is 12.0. The van der Waals surface area contributed by atoms with Crippen LogP contribution in [0.4, 0.5) is 4.79 Å². The van der Waals surface area contributed by atoms with E-state index in [0.717, 1.165) is 18.4 Å². The van der Waals surface area contributed by atoms with E-state index >= 15 is 0 Å². The highest BCUT2D eigenvalue weighted by atomic mass is 16.2. The average Bonchev–Trinajstić information content (AvgIpc) is 2.37. The van der Waals surface area contributed by atoms with Crippen molar-refractivity contribution in [3.05, 3.63) is 24.3 Å². The van der Waals surface area contributed by atoms with Gasteiger partial charge in [-0.15, -0.1) is 0 Å². The maximum atomic E-state index is 12.0. The van der Waals surface area contributed by atoms with Crippen molar-refractivity contribution in [2.24, 2.45) is 10.9 Å². The van der Waals surface area contributed by atoms with Crippen molar-refractivity contribution in [2.45, 2.75) is 46.1 Å². The number of hydrogen-bond acceptors (Lipinski definition) is 1. The highest BCUT2D eigenvalue weighted by Crippen LogP contribution is 2.23. The number of hydrogen-bond donors (Lipinski definition) is 0. The Morgan fingerprint density at radius 3 is 2.50 bits per heavy atom. The van der Waals surface area contributed by atoms with Crippen LogP contribution in [0.2, 0.25) is 0 Å². The molecule has 0 aromatic heterocycles. The second kappa shape index (κ2) is 6.53. The topological polar surface area (TPSA) is 32.7 Å². The molecular weight excluding hydrogens is 224 g/mol. The van der Waals surface area contributed by atoms with Crippen LogP contribution < -0.4 is 0 Å². The molecule has 0 radical (unpaired) electrons. The fraction of sp³-hybridized carbons (Fsp3) is 0.600. The normalized spacial score (nSPS) is 23.9. The molecule has 0 fully saturated rings. The summed E-state index contributed by atoms with van der Waals surface area (Å²) < 4.78 is 0. The molecule has 100 valence electrons. The highest BCUT2D eigenvalue weighted by Gasteiger charge is 2.21. The minimum absolute atomic E-state index is 0.180. The van der Waals surface area contributed by atoms with Crippen LogP contribution in [0.3, 0.4) is 0 Å². The molecule has 0 saturated heterocycles. The largest absolute Gasteiger partial charge is 0.343 e. The third-order valence-corrected chi connectivity index (χ3v) is 3.64. The van der Waals surface area contributed by atoms with Crippen LogP contribution in [-0.4, -0.2) is 29.7 Å². The van der Waals surface area contributed by atoms with Crippen molar-refractivity contribution in [1.82, 2.24) is 4.90 Å². The molecule has 1 aliphatic carbocycles. The zero-order chi connectivity index (χ0) is 13.7. The Morgan fingerprint density at radius 2 is 2.06 bits per heavy atom. The first-order valence-corrected chi connectivity index (χ1v) is 6.62. The van der Waals surface area contributed by atoms with Gasteiger partial charge in [-0.25, -0.2) is 4.79 Å². The predicted octanol–water partition coefficient (Wildman–Crippen LogP) is 3.82. The van der Waals surface area contributed by atoms with Gasteiger partial charge >= 0.3 is 6.03 Å². The van der Waals surface area contributed by atoms with Gasteiger partial charge in [0.25, 0.3) is 0 Å². The number of amides is 2. The zero-order valence-corrected chi connectivity index (χ0v) is 11.9. The molecule has 2 unspecified atom stereocenters. The molecule has 1 aliphatic rings. The SMILES string of the molecule is C=C(C)C(C)=NC(=O)N(C)C1C=CC(CC)CC1. The quantitative estimate of drug-likeness (QED) is 0.552. The lowest BCUT2D eigenvalue weighted by atomic mass is 9.90. The smallest absolute Gasteiger partial charge is 0.320 e. The molecular formula is C15H24N2O. The van der Waals surface area contributed by atoms with E-state index in [-0.39, 0.29) is 12.1 Å². The van der Waals surface area contributed by atoms with Gasteiger partial charge in [0.1, 0.15) is 0 Å². The van der Waals surface area contributed by atoms with Gasteiger partial charge in [-0.1, -0.05) is 25.7 Å². The van der Waals surface area contributed by atoms with Crippen LogP contribution in [0.15, 0.2) is 29.3 Å². The molecule has 0 bridgehead atoms. The van der Waals surface area contributed by atoms with Crippen LogP contribution in [0.1, 0.15) is 40.0 Å². The molecule has 0 heterocycles. The summed E-state index contributed by atoms with van der Waals surface area (Å²) in [5, 5.41) is 0. The molecule has 2 amide bonds. The van der Waals surface area contributed by atoms with Crippen molar-refractivity contribution in [1.29, 1.82) is 0 Å². The van der Waals surface area contributed by atoms with Gasteiger partial charge in [0.15, 0.2) is 0 Å². The summed E-state index contributed by atoms with van der Waals surface area (Å²) in [6.07, 6.45) is 7.72. The molecule has 0 aromatic carbocycles. The number of carbonyl (C=O) groups is 1. The third kappa shape index (κ3) is 3.83. The zero-order valence-electron chi connectivity index (χ0n) is 11.9. The molecule has 2 atom stereocenters. The number of carbonyl (C=O) groups excluding carboxylic acids is 1. The summed E-state index contributed by atoms with van der Waals surface area (Å²) in [4.78, 5) is 17.7. The molecule has 0 aromatic rings. The summed E-state index contributed by atoms with van der Waals surface area (Å²) >= 11 is 0. The standard InChI is InChI=1S/C15H24N2O/c1-6-13-7-9-14(10-8-13)17(5)15(18)16-12(4)11(2)3/h7,9,13-14H,2,6,8,10H2,1,3-5H3. The number of allylic oxidation sites excluding steroid dienone is 2. The summed E-state index contributed by atoms with van der Waals surface area (Å²) in [7, 11) is 1.82. The fourth-order valence-corrected chi connectivity index (χ4v) is 1.99. The van der Waals surface area contributed by atoms with Gasteiger partial charge in [0, 0.05) is 12.8 Å². The number of aliphatic imine (C=N–C) groups is 1. The Morgan fingerprint density at radius 1 is 1.39 bits per heavy atom. The molecule has 1 rings (SSSR count). The number of likely N-dealkylation sites (N-methyl/N-ethyl adjacent to an activating group) is 1. The lowest BCUT2D eigenvalue weighted by Crippen LogP contribution is -2.36. The van der Waals surface area contributed by atoms with E-state index in [1.807, 2.05) is 20.9 Å². The average molecular weight is 248 g/mol. The van der Waals surface area contributed by atoms with E-state index in [2.05, 4.69) is 30.6 Å². The van der Waals surface area contributed by atoms with Crippen molar-refractivity contribution < 1.29 is 4.79 Å². The molecule has 0 saturated carbocycles. The predicted molar refractivity (Wildman–Crippen MR) is 77.0 cm³/mol. The maximum Gasteiger partial charge on any atom is 0.343 e. The highest BCUT2D eigenvalue weighted by molar-refractivity contribution is 6.03. The second-order valence-corrected chi connectivity index (χ2v) is 5.07. The van der Waals surface area contributed by atoms with Crippen LogP contribution in [0, 0.1) is 5.92 Å². The number of rotatable bonds is 3. The summed E-state index contributed by atoms with van der Waals surface area (Å²) in [5.74, 6) is 0.672. The fourth-order valence-electron chi connectivity index (χ4n) is 1.99. The van der Waals surface area contributed by atoms with Gasteiger partial charge in [-0.05, 0) is 44.6 Å². The first-order valence-electron chi connectivity index (χ1n) is 6.62. The second-order valence-electron chi connectivity index (χ2n) is 5.07. The van der Waals surface area contributed by atoms with Crippen LogP contribution in [-0.2, 0) is 0 Å². The summed E-state index contributed by atoms with van der Waals surface area (Å²) in [6.45, 7) is 9.66. The summed E-state index contributed by atoms with van der Waals surface area (Å²) in [5.41, 5.74) is 1.54. The molecule has 3 nitrogen and oxygen atoms in total. The lowest BCUT2D eigenvalue weighted by molar-refractivity contribution is 0.203. The minimum Gasteiger partial charge on any atom is -0.320 e. The van der Waals surface area contributed by atoms with Gasteiger partial charge in [0.2, 0.25) is 0 Å².